The summed E-state index contributed by atoms with van der Waals surface area (Å²) in [6.45, 7) is 5.24. The largest absolute Gasteiger partial charge is 0.507 e. The van der Waals surface area contributed by atoms with Crippen LogP contribution in [0.3, 0.4) is 0 Å². The first-order chi connectivity index (χ1) is 13.8. The molecule has 0 aromatic heterocycles. The Balaban J connectivity index is 1.33. The number of hydrogen-bond donors (Lipinski definition) is 1. The van der Waals surface area contributed by atoms with E-state index in [1.165, 1.54) is 11.3 Å². The summed E-state index contributed by atoms with van der Waals surface area (Å²) in [5.41, 5.74) is 4.22. The molecule has 4 heteroatoms. The molecule has 4 nitrogen and oxygen atoms in total. The van der Waals surface area contributed by atoms with Crippen molar-refractivity contribution in [1.29, 1.82) is 0 Å². The fraction of sp³-hybridized carbons (Fsp3) is 0.208. The summed E-state index contributed by atoms with van der Waals surface area (Å²) in [6, 6.07) is 26.2. The van der Waals surface area contributed by atoms with Gasteiger partial charge < -0.3 is 10.0 Å². The summed E-state index contributed by atoms with van der Waals surface area (Å²) in [5.74, 6) is 0.247. The molecule has 0 unspecified atom stereocenters. The zero-order valence-corrected chi connectivity index (χ0v) is 15.9. The van der Waals surface area contributed by atoms with E-state index in [4.69, 9.17) is 0 Å². The Bertz CT molecular complexity index is 914. The Morgan fingerprint density at radius 3 is 2.18 bits per heavy atom. The van der Waals surface area contributed by atoms with Gasteiger partial charge >= 0.3 is 0 Å². The summed E-state index contributed by atoms with van der Waals surface area (Å²) in [7, 11) is 0. The van der Waals surface area contributed by atoms with Crippen LogP contribution in [0.15, 0.2) is 83.9 Å². The first kappa shape index (κ1) is 18.3. The van der Waals surface area contributed by atoms with Gasteiger partial charge in [0, 0.05) is 50.2 Å². The molecule has 3 aromatic carbocycles. The normalized spacial score (nSPS) is 15.2. The molecule has 142 valence electrons. The van der Waals surface area contributed by atoms with Gasteiger partial charge in [-0.1, -0.05) is 42.5 Å². The molecule has 0 radical (unpaired) electrons. The summed E-state index contributed by atoms with van der Waals surface area (Å²) in [4.78, 5) is 9.41. The third kappa shape index (κ3) is 4.59. The molecule has 1 aliphatic heterocycles. The Kier molecular flexibility index (Phi) is 5.69. The number of benzene rings is 3. The minimum atomic E-state index is 0.247. The van der Waals surface area contributed by atoms with E-state index in [1.807, 2.05) is 24.3 Å². The Labute approximate surface area is 166 Å². The van der Waals surface area contributed by atoms with Crippen molar-refractivity contribution in [1.82, 2.24) is 4.90 Å². The lowest BCUT2D eigenvalue weighted by Crippen LogP contribution is -2.45. The van der Waals surface area contributed by atoms with E-state index in [-0.39, 0.29) is 5.75 Å². The van der Waals surface area contributed by atoms with Gasteiger partial charge in [-0.2, -0.15) is 0 Å². The lowest BCUT2D eigenvalue weighted by Gasteiger charge is -2.36. The molecule has 0 bridgehead atoms. The molecule has 0 saturated carbocycles. The first-order valence-corrected chi connectivity index (χ1v) is 9.71. The van der Waals surface area contributed by atoms with Crippen molar-refractivity contribution in [3.63, 3.8) is 0 Å². The SMILES string of the molecule is Oc1ccccc1C=Nc1ccc(N2CCN(Cc3ccccc3)CC2)cc1. The number of phenolic OH excluding ortho intramolecular Hbond substituents is 1. The van der Waals surface area contributed by atoms with Gasteiger partial charge in [0.15, 0.2) is 0 Å². The van der Waals surface area contributed by atoms with Crippen molar-refractivity contribution in [3.8, 4) is 5.75 Å². The fourth-order valence-electron chi connectivity index (χ4n) is 3.50. The third-order valence-corrected chi connectivity index (χ3v) is 5.13. The number of piperazine rings is 1. The highest BCUT2D eigenvalue weighted by Crippen LogP contribution is 2.22. The molecule has 0 atom stereocenters. The number of anilines is 1. The zero-order chi connectivity index (χ0) is 19.2. The predicted octanol–water partition coefficient (Wildman–Crippen LogP) is 4.47. The van der Waals surface area contributed by atoms with Crippen LogP contribution in [0.25, 0.3) is 0 Å². The van der Waals surface area contributed by atoms with Gasteiger partial charge in [0.05, 0.1) is 5.69 Å². The second-order valence-corrected chi connectivity index (χ2v) is 7.08. The van der Waals surface area contributed by atoms with Gasteiger partial charge in [-0.15, -0.1) is 0 Å². The number of aliphatic imine (C=N–C) groups is 1. The molecule has 1 saturated heterocycles. The number of nitrogens with zero attached hydrogens (tertiary/aromatic N) is 3. The van der Waals surface area contributed by atoms with Crippen LogP contribution >= 0.6 is 0 Å². The van der Waals surface area contributed by atoms with Gasteiger partial charge in [0.2, 0.25) is 0 Å². The molecule has 0 amide bonds. The van der Waals surface area contributed by atoms with Gasteiger partial charge in [0.1, 0.15) is 5.75 Å². The van der Waals surface area contributed by atoms with Crippen molar-refractivity contribution in [2.24, 2.45) is 4.99 Å². The summed E-state index contributed by atoms with van der Waals surface area (Å²) in [6.07, 6.45) is 1.70. The van der Waals surface area contributed by atoms with E-state index in [0.29, 0.717) is 0 Å². The molecule has 4 rings (SSSR count). The van der Waals surface area contributed by atoms with Crippen molar-refractivity contribution < 1.29 is 5.11 Å². The fourth-order valence-corrected chi connectivity index (χ4v) is 3.50. The second-order valence-electron chi connectivity index (χ2n) is 7.08. The van der Waals surface area contributed by atoms with Crippen molar-refractivity contribution in [2.45, 2.75) is 6.54 Å². The van der Waals surface area contributed by atoms with Gasteiger partial charge in [-0.3, -0.25) is 9.89 Å². The van der Waals surface area contributed by atoms with Crippen molar-refractivity contribution in [2.75, 3.05) is 31.1 Å². The topological polar surface area (TPSA) is 39.1 Å². The highest BCUT2D eigenvalue weighted by atomic mass is 16.3. The van der Waals surface area contributed by atoms with E-state index in [9.17, 15) is 5.11 Å². The van der Waals surface area contributed by atoms with Crippen LogP contribution in [0, 0.1) is 0 Å². The molecule has 1 heterocycles. The summed E-state index contributed by atoms with van der Waals surface area (Å²) < 4.78 is 0. The Hall–Kier alpha value is -3.11. The third-order valence-electron chi connectivity index (χ3n) is 5.13. The quantitative estimate of drug-likeness (QED) is 0.673. The molecule has 1 N–H and O–H groups in total. The van der Waals surface area contributed by atoms with Gasteiger partial charge in [0.25, 0.3) is 0 Å². The van der Waals surface area contributed by atoms with Crippen molar-refractivity contribution >= 4 is 17.6 Å². The molecule has 1 aliphatic rings. The van der Waals surface area contributed by atoms with Gasteiger partial charge in [-0.25, -0.2) is 0 Å². The molecule has 0 aliphatic carbocycles. The zero-order valence-electron chi connectivity index (χ0n) is 15.9. The van der Waals surface area contributed by atoms with E-state index in [2.05, 4.69) is 57.3 Å². The van der Waals surface area contributed by atoms with E-state index in [1.54, 1.807) is 18.3 Å². The number of phenols is 1. The molecular formula is C24H25N3O. The van der Waals surface area contributed by atoms with E-state index < -0.39 is 0 Å². The minimum absolute atomic E-state index is 0.247. The van der Waals surface area contributed by atoms with E-state index >= 15 is 0 Å². The predicted molar refractivity (Wildman–Crippen MR) is 116 cm³/mol. The van der Waals surface area contributed by atoms with Crippen LogP contribution in [-0.2, 0) is 6.54 Å². The van der Waals surface area contributed by atoms with Crippen molar-refractivity contribution in [3.05, 3.63) is 90.0 Å². The van der Waals surface area contributed by atoms with Crippen LogP contribution in [0.2, 0.25) is 0 Å². The highest BCUT2D eigenvalue weighted by Gasteiger charge is 2.17. The maximum Gasteiger partial charge on any atom is 0.124 e. The summed E-state index contributed by atoms with van der Waals surface area (Å²) in [5, 5.41) is 9.82. The summed E-state index contributed by atoms with van der Waals surface area (Å²) >= 11 is 0. The second kappa shape index (κ2) is 8.72. The standard InChI is InChI=1S/C24H25N3O/c28-24-9-5-4-8-21(24)18-25-22-10-12-23(13-11-22)27-16-14-26(15-17-27)19-20-6-2-1-3-7-20/h1-13,18,28H,14-17,19H2. The maximum absolute atomic E-state index is 9.82. The van der Waals surface area contributed by atoms with Crippen LogP contribution in [0.1, 0.15) is 11.1 Å². The minimum Gasteiger partial charge on any atom is -0.507 e. The monoisotopic (exact) mass is 371 g/mol. The molecule has 3 aromatic rings. The number of hydrogen-bond acceptors (Lipinski definition) is 4. The van der Waals surface area contributed by atoms with Crippen LogP contribution < -0.4 is 4.90 Å². The Morgan fingerprint density at radius 1 is 0.786 bits per heavy atom. The molecular weight excluding hydrogens is 346 g/mol. The number of para-hydroxylation sites is 1. The maximum atomic E-state index is 9.82. The molecule has 0 spiro atoms. The average molecular weight is 371 g/mol. The lowest BCUT2D eigenvalue weighted by atomic mass is 10.2. The first-order valence-electron chi connectivity index (χ1n) is 9.71. The van der Waals surface area contributed by atoms with Crippen LogP contribution in [0.4, 0.5) is 11.4 Å². The number of rotatable bonds is 5. The average Bonchev–Trinajstić information content (AvgIpc) is 2.75. The lowest BCUT2D eigenvalue weighted by molar-refractivity contribution is 0.250. The number of aromatic hydroxyl groups is 1. The molecule has 28 heavy (non-hydrogen) atoms. The highest BCUT2D eigenvalue weighted by molar-refractivity contribution is 5.85. The van der Waals surface area contributed by atoms with E-state index in [0.717, 1.165) is 44.0 Å². The van der Waals surface area contributed by atoms with Crippen LogP contribution in [-0.4, -0.2) is 42.4 Å². The molecule has 1 fully saturated rings. The van der Waals surface area contributed by atoms with Gasteiger partial charge in [-0.05, 0) is 42.0 Å². The smallest absolute Gasteiger partial charge is 0.124 e. The van der Waals surface area contributed by atoms with Crippen LogP contribution in [0.5, 0.6) is 5.75 Å². The Morgan fingerprint density at radius 2 is 1.46 bits per heavy atom.